The van der Waals surface area contributed by atoms with Gasteiger partial charge in [0.25, 0.3) is 5.69 Å². The molecule has 0 spiro atoms. The van der Waals surface area contributed by atoms with Gasteiger partial charge in [-0.25, -0.2) is 4.98 Å². The largest absolute Gasteiger partial charge is 0.383 e. The molecule has 0 bridgehead atoms. The van der Waals surface area contributed by atoms with Gasteiger partial charge in [0.05, 0.1) is 17.1 Å². The number of pyridine rings is 1. The van der Waals surface area contributed by atoms with E-state index in [0.717, 1.165) is 19.5 Å². The van der Waals surface area contributed by atoms with Gasteiger partial charge in [-0.15, -0.1) is 0 Å². The highest BCUT2D eigenvalue weighted by Gasteiger charge is 2.20. The molecule has 2 rings (SSSR count). The van der Waals surface area contributed by atoms with Crippen molar-refractivity contribution in [3.63, 3.8) is 0 Å². The summed E-state index contributed by atoms with van der Waals surface area (Å²) in [5.74, 6) is 1.40. The van der Waals surface area contributed by atoms with Crippen LogP contribution in [0.3, 0.4) is 0 Å². The molecule has 92 valence electrons. The van der Waals surface area contributed by atoms with Crippen molar-refractivity contribution in [2.45, 2.75) is 19.8 Å². The fraction of sp³-hybridized carbons (Fsp3) is 0.545. The van der Waals surface area contributed by atoms with Crippen LogP contribution in [0.1, 0.15) is 19.8 Å². The number of nitrogens with zero attached hydrogens (tertiary/aromatic N) is 3. The third-order valence-corrected chi connectivity index (χ3v) is 3.01. The lowest BCUT2D eigenvalue weighted by molar-refractivity contribution is -0.384. The van der Waals surface area contributed by atoms with Gasteiger partial charge >= 0.3 is 0 Å². The minimum Gasteiger partial charge on any atom is -0.383 e. The van der Waals surface area contributed by atoms with Crippen molar-refractivity contribution in [1.82, 2.24) is 4.98 Å². The lowest BCUT2D eigenvalue weighted by Crippen LogP contribution is -2.34. The van der Waals surface area contributed by atoms with Crippen molar-refractivity contribution in [1.29, 1.82) is 0 Å². The molecule has 6 heteroatoms. The van der Waals surface area contributed by atoms with Crippen LogP contribution in [-0.4, -0.2) is 23.0 Å². The number of aromatic nitrogens is 1. The van der Waals surface area contributed by atoms with Crippen molar-refractivity contribution >= 4 is 17.3 Å². The van der Waals surface area contributed by atoms with E-state index in [0.29, 0.717) is 11.7 Å². The Morgan fingerprint density at radius 3 is 3.00 bits per heavy atom. The summed E-state index contributed by atoms with van der Waals surface area (Å²) in [7, 11) is 0. The molecule has 0 aliphatic carbocycles. The van der Waals surface area contributed by atoms with Crippen molar-refractivity contribution in [2.75, 3.05) is 23.7 Å². The monoisotopic (exact) mass is 236 g/mol. The molecule has 17 heavy (non-hydrogen) atoms. The van der Waals surface area contributed by atoms with Gasteiger partial charge in [-0.3, -0.25) is 10.1 Å². The number of hydrogen-bond acceptors (Lipinski definition) is 5. The fourth-order valence-corrected chi connectivity index (χ4v) is 2.19. The van der Waals surface area contributed by atoms with E-state index in [2.05, 4.69) is 16.8 Å². The lowest BCUT2D eigenvalue weighted by Gasteiger charge is -2.31. The number of nitrogen functional groups attached to an aromatic ring is 1. The van der Waals surface area contributed by atoms with Crippen LogP contribution in [0.4, 0.5) is 17.3 Å². The first-order chi connectivity index (χ1) is 8.06. The van der Waals surface area contributed by atoms with Gasteiger partial charge in [-0.05, 0) is 18.8 Å². The Morgan fingerprint density at radius 2 is 2.35 bits per heavy atom. The maximum Gasteiger partial charge on any atom is 0.276 e. The van der Waals surface area contributed by atoms with E-state index in [1.807, 2.05) is 0 Å². The zero-order valence-corrected chi connectivity index (χ0v) is 9.80. The zero-order valence-electron chi connectivity index (χ0n) is 9.80. The Balaban J connectivity index is 2.28. The van der Waals surface area contributed by atoms with E-state index in [4.69, 9.17) is 5.73 Å². The van der Waals surface area contributed by atoms with Crippen molar-refractivity contribution in [2.24, 2.45) is 5.92 Å². The average Bonchev–Trinajstić information content (AvgIpc) is 2.28. The summed E-state index contributed by atoms with van der Waals surface area (Å²) in [5.41, 5.74) is 5.60. The zero-order chi connectivity index (χ0) is 12.4. The second-order valence-corrected chi connectivity index (χ2v) is 4.56. The van der Waals surface area contributed by atoms with Crippen LogP contribution in [0.5, 0.6) is 0 Å². The van der Waals surface area contributed by atoms with Crippen LogP contribution in [-0.2, 0) is 0 Å². The number of nitrogens with two attached hydrogens (primary N) is 1. The van der Waals surface area contributed by atoms with Gasteiger partial charge in [0.1, 0.15) is 11.6 Å². The average molecular weight is 236 g/mol. The molecule has 6 nitrogen and oxygen atoms in total. The molecule has 1 aromatic rings. The van der Waals surface area contributed by atoms with Gasteiger partial charge in [-0.2, -0.15) is 0 Å². The Morgan fingerprint density at radius 1 is 1.59 bits per heavy atom. The summed E-state index contributed by atoms with van der Waals surface area (Å²) in [4.78, 5) is 16.6. The second kappa shape index (κ2) is 4.57. The normalized spacial score (nSPS) is 20.3. The van der Waals surface area contributed by atoms with E-state index in [1.165, 1.54) is 18.6 Å². The molecule has 0 amide bonds. The van der Waals surface area contributed by atoms with E-state index < -0.39 is 4.92 Å². The molecule has 0 radical (unpaired) electrons. The highest BCUT2D eigenvalue weighted by atomic mass is 16.6. The predicted octanol–water partition coefficient (Wildman–Crippen LogP) is 1.81. The molecule has 0 aromatic carbocycles. The highest BCUT2D eigenvalue weighted by Crippen LogP contribution is 2.25. The van der Waals surface area contributed by atoms with Crippen LogP contribution in [0.25, 0.3) is 0 Å². The highest BCUT2D eigenvalue weighted by molar-refractivity contribution is 5.54. The van der Waals surface area contributed by atoms with Gasteiger partial charge in [0.2, 0.25) is 0 Å². The van der Waals surface area contributed by atoms with Crippen LogP contribution >= 0.6 is 0 Å². The van der Waals surface area contributed by atoms with Gasteiger partial charge < -0.3 is 10.6 Å². The molecule has 1 aromatic heterocycles. The molecule has 1 aliphatic rings. The second-order valence-electron chi connectivity index (χ2n) is 4.56. The molecule has 1 atom stereocenters. The fourth-order valence-electron chi connectivity index (χ4n) is 2.19. The number of piperidine rings is 1. The molecule has 1 saturated heterocycles. The summed E-state index contributed by atoms with van der Waals surface area (Å²) in [6.45, 7) is 3.94. The summed E-state index contributed by atoms with van der Waals surface area (Å²) < 4.78 is 0. The molecule has 1 aliphatic heterocycles. The molecule has 1 unspecified atom stereocenters. The number of rotatable bonds is 2. The van der Waals surface area contributed by atoms with Gasteiger partial charge in [0.15, 0.2) is 0 Å². The maximum absolute atomic E-state index is 10.8. The first-order valence-corrected chi connectivity index (χ1v) is 5.73. The lowest BCUT2D eigenvalue weighted by atomic mass is 10.0. The molecular weight excluding hydrogens is 220 g/mol. The number of nitro groups is 1. The minimum absolute atomic E-state index is 0.00530. The first-order valence-electron chi connectivity index (χ1n) is 5.73. The quantitative estimate of drug-likeness (QED) is 0.625. The third-order valence-electron chi connectivity index (χ3n) is 3.01. The van der Waals surface area contributed by atoms with Crippen LogP contribution in [0.15, 0.2) is 12.1 Å². The van der Waals surface area contributed by atoms with E-state index in [1.54, 1.807) is 0 Å². The maximum atomic E-state index is 10.8. The van der Waals surface area contributed by atoms with E-state index >= 15 is 0 Å². The summed E-state index contributed by atoms with van der Waals surface area (Å²) >= 11 is 0. The van der Waals surface area contributed by atoms with Crippen molar-refractivity contribution in [3.05, 3.63) is 22.2 Å². The number of anilines is 2. The molecule has 2 N–H and O–H groups in total. The van der Waals surface area contributed by atoms with Crippen molar-refractivity contribution in [3.8, 4) is 0 Å². The van der Waals surface area contributed by atoms with E-state index in [-0.39, 0.29) is 11.5 Å². The van der Waals surface area contributed by atoms with Gasteiger partial charge in [-0.1, -0.05) is 6.92 Å². The third kappa shape index (κ3) is 2.64. The Kier molecular flexibility index (Phi) is 3.12. The molecular formula is C11H16N4O2. The smallest absolute Gasteiger partial charge is 0.276 e. The summed E-state index contributed by atoms with van der Waals surface area (Å²) in [6, 6.07) is 2.78. The first kappa shape index (κ1) is 11.6. The van der Waals surface area contributed by atoms with Crippen LogP contribution < -0.4 is 10.6 Å². The predicted molar refractivity (Wildman–Crippen MR) is 65.9 cm³/mol. The Hall–Kier alpha value is -1.85. The molecule has 2 heterocycles. The van der Waals surface area contributed by atoms with Gasteiger partial charge in [0, 0.05) is 13.1 Å². The van der Waals surface area contributed by atoms with Crippen LogP contribution in [0.2, 0.25) is 0 Å². The minimum atomic E-state index is -0.436. The SMILES string of the molecule is CC1CCCN(c2cc([N+](=O)[O-])cc(N)n2)C1. The molecule has 0 saturated carbocycles. The standard InChI is InChI=1S/C11H16N4O2/c1-8-3-2-4-14(7-8)11-6-9(15(16)17)5-10(12)13-11/h5-6,8H,2-4,7H2,1H3,(H2,12,13). The van der Waals surface area contributed by atoms with Crippen molar-refractivity contribution < 1.29 is 4.92 Å². The number of hydrogen-bond donors (Lipinski definition) is 1. The Bertz CT molecular complexity index is 435. The Labute approximate surface area is 99.6 Å². The summed E-state index contributed by atoms with van der Waals surface area (Å²) in [6.07, 6.45) is 2.28. The van der Waals surface area contributed by atoms with Crippen LogP contribution in [0, 0.1) is 16.0 Å². The molecule has 1 fully saturated rings. The van der Waals surface area contributed by atoms with E-state index in [9.17, 15) is 10.1 Å². The summed E-state index contributed by atoms with van der Waals surface area (Å²) in [5, 5.41) is 10.8. The topological polar surface area (TPSA) is 85.3 Å².